The molecule has 1 fully saturated rings. The van der Waals surface area contributed by atoms with Gasteiger partial charge in [-0.05, 0) is 25.7 Å². The summed E-state index contributed by atoms with van der Waals surface area (Å²) in [5, 5.41) is 8.88. The largest absolute Gasteiger partial charge is 0.481 e. The molecule has 0 aromatic carbocycles. The fourth-order valence-corrected chi connectivity index (χ4v) is 3.48. The third-order valence-corrected chi connectivity index (χ3v) is 4.72. The summed E-state index contributed by atoms with van der Waals surface area (Å²) in [4.78, 5) is 32.0. The molecule has 1 unspecified atom stereocenters. The van der Waals surface area contributed by atoms with E-state index >= 15 is 0 Å². The second-order valence-electron chi connectivity index (χ2n) is 5.55. The second-order valence-corrected chi connectivity index (χ2v) is 6.49. The highest BCUT2D eigenvalue weighted by molar-refractivity contribution is 7.09. The minimum Gasteiger partial charge on any atom is -0.481 e. The zero-order valence-corrected chi connectivity index (χ0v) is 13.2. The third kappa shape index (κ3) is 4.17. The zero-order chi connectivity index (χ0) is 15.4. The maximum absolute atomic E-state index is 12.5. The first-order valence-corrected chi connectivity index (χ1v) is 7.96. The van der Waals surface area contributed by atoms with Crippen LogP contribution >= 0.6 is 11.3 Å². The minimum atomic E-state index is -0.789. The van der Waals surface area contributed by atoms with E-state index in [0.29, 0.717) is 19.6 Å². The summed E-state index contributed by atoms with van der Waals surface area (Å²) >= 11 is 1.55. The first-order valence-electron chi connectivity index (χ1n) is 7.08. The number of piperidine rings is 1. The summed E-state index contributed by atoms with van der Waals surface area (Å²) in [5.74, 6) is -0.721. The van der Waals surface area contributed by atoms with Crippen molar-refractivity contribution in [2.24, 2.45) is 5.92 Å². The van der Waals surface area contributed by atoms with Crippen LogP contribution in [0.3, 0.4) is 0 Å². The molecule has 6 nitrogen and oxygen atoms in total. The molecule has 0 spiro atoms. The molecule has 1 aliphatic rings. The number of carbonyl (C=O) groups is 2. The standard InChI is InChI=1S/C14H21N3O3S/c1-10-12(21-9-15-10)8-16(2)14(20)17-5-3-4-11(7-17)6-13(18)19/h9,11H,3-8H2,1-2H3,(H,18,19). The van der Waals surface area contributed by atoms with Gasteiger partial charge in [0.1, 0.15) is 0 Å². The van der Waals surface area contributed by atoms with Gasteiger partial charge in [0, 0.05) is 31.4 Å². The Kier molecular flexibility index (Phi) is 5.17. The van der Waals surface area contributed by atoms with Crippen molar-refractivity contribution in [2.45, 2.75) is 32.7 Å². The lowest BCUT2D eigenvalue weighted by atomic mass is 9.95. The fourth-order valence-electron chi connectivity index (χ4n) is 2.65. The van der Waals surface area contributed by atoms with Crippen LogP contribution in [0.5, 0.6) is 0 Å². The molecule has 21 heavy (non-hydrogen) atoms. The van der Waals surface area contributed by atoms with E-state index < -0.39 is 5.97 Å². The quantitative estimate of drug-likeness (QED) is 0.925. The number of urea groups is 1. The smallest absolute Gasteiger partial charge is 0.320 e. The predicted octanol–water partition coefficient (Wildman–Crippen LogP) is 2.19. The third-order valence-electron chi connectivity index (χ3n) is 3.80. The van der Waals surface area contributed by atoms with Gasteiger partial charge in [-0.3, -0.25) is 4.79 Å². The van der Waals surface area contributed by atoms with E-state index in [1.165, 1.54) is 0 Å². The molecule has 1 N–H and O–H groups in total. The zero-order valence-electron chi connectivity index (χ0n) is 12.4. The van der Waals surface area contributed by atoms with E-state index in [2.05, 4.69) is 4.98 Å². The molecule has 1 atom stereocenters. The van der Waals surface area contributed by atoms with Gasteiger partial charge in [0.25, 0.3) is 0 Å². The highest BCUT2D eigenvalue weighted by Crippen LogP contribution is 2.21. The summed E-state index contributed by atoms with van der Waals surface area (Å²) in [5.41, 5.74) is 2.74. The molecule has 7 heteroatoms. The number of hydrogen-bond donors (Lipinski definition) is 1. The summed E-state index contributed by atoms with van der Waals surface area (Å²) in [6.45, 7) is 3.74. The van der Waals surface area contributed by atoms with Crippen molar-refractivity contribution in [1.82, 2.24) is 14.8 Å². The van der Waals surface area contributed by atoms with Crippen LogP contribution < -0.4 is 0 Å². The van der Waals surface area contributed by atoms with Gasteiger partial charge < -0.3 is 14.9 Å². The highest BCUT2D eigenvalue weighted by atomic mass is 32.1. The molecule has 1 saturated heterocycles. The fraction of sp³-hybridized carbons (Fsp3) is 0.643. The monoisotopic (exact) mass is 311 g/mol. The SMILES string of the molecule is Cc1ncsc1CN(C)C(=O)N1CCCC(CC(=O)O)C1. The lowest BCUT2D eigenvalue weighted by molar-refractivity contribution is -0.138. The number of aryl methyl sites for hydroxylation is 1. The molecule has 1 aromatic rings. The number of rotatable bonds is 4. The van der Waals surface area contributed by atoms with Crippen molar-refractivity contribution in [3.8, 4) is 0 Å². The number of amides is 2. The van der Waals surface area contributed by atoms with Crippen LogP contribution in [-0.4, -0.2) is 52.0 Å². The van der Waals surface area contributed by atoms with Crippen LogP contribution in [-0.2, 0) is 11.3 Å². The number of aromatic nitrogens is 1. The average molecular weight is 311 g/mol. The van der Waals surface area contributed by atoms with Crippen LogP contribution in [0.25, 0.3) is 0 Å². The molecule has 2 amide bonds. The predicted molar refractivity (Wildman–Crippen MR) is 80.3 cm³/mol. The van der Waals surface area contributed by atoms with Crippen LogP contribution in [0.15, 0.2) is 5.51 Å². The molecule has 116 valence electrons. The van der Waals surface area contributed by atoms with Gasteiger partial charge in [-0.25, -0.2) is 9.78 Å². The normalized spacial score (nSPS) is 18.6. The number of carbonyl (C=O) groups excluding carboxylic acids is 1. The van der Waals surface area contributed by atoms with E-state index in [4.69, 9.17) is 5.11 Å². The molecule has 2 rings (SSSR count). The lowest BCUT2D eigenvalue weighted by Crippen LogP contribution is -2.46. The molecule has 0 radical (unpaired) electrons. The minimum absolute atomic E-state index is 0.0297. The lowest BCUT2D eigenvalue weighted by Gasteiger charge is -2.34. The van der Waals surface area contributed by atoms with Crippen LogP contribution in [0.2, 0.25) is 0 Å². The number of aliphatic carboxylic acids is 1. The Morgan fingerprint density at radius 1 is 1.57 bits per heavy atom. The summed E-state index contributed by atoms with van der Waals surface area (Å²) in [6.07, 6.45) is 1.90. The van der Waals surface area contributed by atoms with Crippen molar-refractivity contribution in [3.05, 3.63) is 16.1 Å². The summed E-state index contributed by atoms with van der Waals surface area (Å²) in [6, 6.07) is -0.0297. The Hall–Kier alpha value is -1.63. The second kappa shape index (κ2) is 6.89. The Morgan fingerprint density at radius 3 is 2.95 bits per heavy atom. The maximum Gasteiger partial charge on any atom is 0.320 e. The first-order chi connectivity index (χ1) is 9.97. The van der Waals surface area contributed by atoms with Crippen molar-refractivity contribution in [2.75, 3.05) is 20.1 Å². The molecule has 0 aliphatic carbocycles. The van der Waals surface area contributed by atoms with Crippen molar-refractivity contribution in [1.29, 1.82) is 0 Å². The van der Waals surface area contributed by atoms with Crippen LogP contribution in [0.4, 0.5) is 4.79 Å². The molecule has 1 aliphatic heterocycles. The van der Waals surface area contributed by atoms with Crippen LogP contribution in [0, 0.1) is 12.8 Å². The topological polar surface area (TPSA) is 73.7 Å². The molecule has 0 saturated carbocycles. The number of likely N-dealkylation sites (tertiary alicyclic amines) is 1. The van der Waals surface area contributed by atoms with E-state index in [1.54, 1.807) is 33.7 Å². The number of nitrogens with zero attached hydrogens (tertiary/aromatic N) is 3. The summed E-state index contributed by atoms with van der Waals surface area (Å²) in [7, 11) is 1.78. The van der Waals surface area contributed by atoms with Crippen LogP contribution in [0.1, 0.15) is 29.8 Å². The van der Waals surface area contributed by atoms with Gasteiger partial charge in [-0.1, -0.05) is 0 Å². The van der Waals surface area contributed by atoms with Gasteiger partial charge in [0.05, 0.1) is 17.7 Å². The van der Waals surface area contributed by atoms with Crippen molar-refractivity contribution < 1.29 is 14.7 Å². The molecule has 2 heterocycles. The van der Waals surface area contributed by atoms with Crippen molar-refractivity contribution >= 4 is 23.3 Å². The molecule has 1 aromatic heterocycles. The Morgan fingerprint density at radius 2 is 2.33 bits per heavy atom. The van der Waals surface area contributed by atoms with E-state index in [1.807, 2.05) is 6.92 Å². The number of hydrogen-bond acceptors (Lipinski definition) is 4. The van der Waals surface area contributed by atoms with Gasteiger partial charge >= 0.3 is 12.0 Å². The number of thiazole rings is 1. The summed E-state index contributed by atoms with van der Waals surface area (Å²) < 4.78 is 0. The Balaban J connectivity index is 1.92. The Labute approximate surface area is 128 Å². The Bertz CT molecular complexity index is 517. The van der Waals surface area contributed by atoms with Gasteiger partial charge in [-0.2, -0.15) is 0 Å². The maximum atomic E-state index is 12.5. The molecular formula is C14H21N3O3S. The highest BCUT2D eigenvalue weighted by Gasteiger charge is 2.27. The first kappa shape index (κ1) is 15.8. The average Bonchev–Trinajstić information content (AvgIpc) is 2.83. The van der Waals surface area contributed by atoms with Gasteiger partial charge in [0.15, 0.2) is 0 Å². The van der Waals surface area contributed by atoms with E-state index in [-0.39, 0.29) is 18.4 Å². The van der Waals surface area contributed by atoms with Gasteiger partial charge in [0.2, 0.25) is 0 Å². The molecular weight excluding hydrogens is 290 g/mol. The van der Waals surface area contributed by atoms with Gasteiger partial charge in [-0.15, -0.1) is 11.3 Å². The van der Waals surface area contributed by atoms with E-state index in [9.17, 15) is 9.59 Å². The number of carboxylic acids is 1. The van der Waals surface area contributed by atoms with E-state index in [0.717, 1.165) is 23.4 Å². The molecule has 0 bridgehead atoms. The van der Waals surface area contributed by atoms with Crippen molar-refractivity contribution in [3.63, 3.8) is 0 Å². The number of carboxylic acid groups (broad SMARTS) is 1.